The first-order valence-electron chi connectivity index (χ1n) is 7.32. The molecule has 106 valence electrons. The van der Waals surface area contributed by atoms with Gasteiger partial charge in [-0.2, -0.15) is 11.8 Å². The highest BCUT2D eigenvalue weighted by Crippen LogP contribution is 2.43. The molecule has 3 rings (SSSR count). The smallest absolute Gasteiger partial charge is 0.253 e. The predicted molar refractivity (Wildman–Crippen MR) is 86.1 cm³/mol. The maximum absolute atomic E-state index is 11.9. The molecule has 2 aliphatic rings. The summed E-state index contributed by atoms with van der Waals surface area (Å²) in [5, 5.41) is 1.51. The van der Waals surface area contributed by atoms with Crippen molar-refractivity contribution in [3.8, 4) is 0 Å². The molecule has 1 aromatic rings. The summed E-state index contributed by atoms with van der Waals surface area (Å²) in [6, 6.07) is 8.12. The summed E-state index contributed by atoms with van der Waals surface area (Å²) in [7, 11) is 3.58. The number of thioether (sulfide) groups is 1. The molecule has 0 N–H and O–H groups in total. The van der Waals surface area contributed by atoms with Gasteiger partial charge in [-0.1, -0.05) is 24.6 Å². The molecule has 0 aromatic heterocycles. The number of hydrogen-bond acceptors (Lipinski definition) is 2. The van der Waals surface area contributed by atoms with Gasteiger partial charge in [0, 0.05) is 30.2 Å². The van der Waals surface area contributed by atoms with E-state index in [1.165, 1.54) is 36.8 Å². The Hall–Kier alpha value is -1.22. The van der Waals surface area contributed by atoms with Gasteiger partial charge >= 0.3 is 0 Å². The van der Waals surface area contributed by atoms with Crippen molar-refractivity contribution in [1.82, 2.24) is 4.90 Å². The van der Waals surface area contributed by atoms with Gasteiger partial charge in [-0.25, -0.2) is 0 Å². The number of benzene rings is 1. The highest BCUT2D eigenvalue weighted by atomic mass is 32.2. The number of carbonyl (C=O) groups excluding carboxylic acids is 1. The number of rotatable bonds is 2. The highest BCUT2D eigenvalue weighted by molar-refractivity contribution is 8.00. The van der Waals surface area contributed by atoms with E-state index in [4.69, 9.17) is 0 Å². The van der Waals surface area contributed by atoms with Crippen LogP contribution in [0.15, 0.2) is 30.3 Å². The van der Waals surface area contributed by atoms with Crippen molar-refractivity contribution in [2.75, 3.05) is 14.1 Å². The second-order valence-corrected chi connectivity index (χ2v) is 7.44. The molecule has 1 saturated heterocycles. The second kappa shape index (κ2) is 5.65. The molecule has 2 unspecified atom stereocenters. The van der Waals surface area contributed by atoms with Gasteiger partial charge in [-0.15, -0.1) is 0 Å². The van der Waals surface area contributed by atoms with Gasteiger partial charge in [0.15, 0.2) is 0 Å². The van der Waals surface area contributed by atoms with Crippen molar-refractivity contribution >= 4 is 23.2 Å². The van der Waals surface area contributed by atoms with Crippen molar-refractivity contribution in [2.24, 2.45) is 0 Å². The zero-order valence-electron chi connectivity index (χ0n) is 12.1. The summed E-state index contributed by atoms with van der Waals surface area (Å²) >= 11 is 2.15. The van der Waals surface area contributed by atoms with E-state index >= 15 is 0 Å². The van der Waals surface area contributed by atoms with Crippen LogP contribution in [0.3, 0.4) is 0 Å². The van der Waals surface area contributed by atoms with Crippen molar-refractivity contribution in [1.29, 1.82) is 0 Å². The molecule has 2 aliphatic heterocycles. The van der Waals surface area contributed by atoms with Gasteiger partial charge in [-0.05, 0) is 42.5 Å². The van der Waals surface area contributed by atoms with E-state index in [2.05, 4.69) is 30.0 Å². The standard InChI is InChI=1S/C17H21NOS/c1-18(2)17(19)13-8-6-12(7-9-13)14-10-15-4-3-5-16(11-14)20-15/h6-10,15-16H,3-5,11H2,1-2H3. The van der Waals surface area contributed by atoms with Gasteiger partial charge in [0.25, 0.3) is 5.91 Å². The fourth-order valence-electron chi connectivity index (χ4n) is 3.04. The summed E-state index contributed by atoms with van der Waals surface area (Å²) in [5.74, 6) is 0.0709. The minimum Gasteiger partial charge on any atom is -0.345 e. The van der Waals surface area contributed by atoms with Crippen LogP contribution in [0, 0.1) is 0 Å². The Morgan fingerprint density at radius 3 is 2.60 bits per heavy atom. The zero-order valence-corrected chi connectivity index (χ0v) is 13.0. The van der Waals surface area contributed by atoms with E-state index in [9.17, 15) is 4.79 Å². The van der Waals surface area contributed by atoms with Crippen LogP contribution in [0.4, 0.5) is 0 Å². The molecule has 1 amide bonds. The monoisotopic (exact) mass is 287 g/mol. The van der Waals surface area contributed by atoms with Crippen LogP contribution < -0.4 is 0 Å². The van der Waals surface area contributed by atoms with E-state index in [1.54, 1.807) is 19.0 Å². The lowest BCUT2D eigenvalue weighted by Gasteiger charge is -2.33. The van der Waals surface area contributed by atoms with E-state index in [0.29, 0.717) is 5.25 Å². The number of carbonyl (C=O) groups is 1. The highest BCUT2D eigenvalue weighted by Gasteiger charge is 2.27. The van der Waals surface area contributed by atoms with Crippen molar-refractivity contribution < 1.29 is 4.79 Å². The Bertz CT molecular complexity index is 532. The number of amides is 1. The number of nitrogens with zero attached hydrogens (tertiary/aromatic N) is 1. The molecule has 2 bridgehead atoms. The summed E-state index contributed by atoms with van der Waals surface area (Å²) in [6.45, 7) is 0. The molecular formula is C17H21NOS. The molecule has 0 saturated carbocycles. The molecule has 0 spiro atoms. The molecule has 2 nitrogen and oxygen atoms in total. The predicted octanol–water partition coefficient (Wildman–Crippen LogP) is 3.83. The lowest BCUT2D eigenvalue weighted by Crippen LogP contribution is -2.22. The van der Waals surface area contributed by atoms with Gasteiger partial charge in [0.05, 0.1) is 0 Å². The SMILES string of the molecule is CN(C)C(=O)c1ccc(C2=CC3CCCC(C2)S3)cc1. The Balaban J connectivity index is 1.81. The maximum Gasteiger partial charge on any atom is 0.253 e. The molecule has 3 heteroatoms. The maximum atomic E-state index is 11.9. The molecule has 1 fully saturated rings. The van der Waals surface area contributed by atoms with E-state index < -0.39 is 0 Å². The lowest BCUT2D eigenvalue weighted by molar-refractivity contribution is 0.0827. The van der Waals surface area contributed by atoms with Crippen LogP contribution in [0.2, 0.25) is 0 Å². The molecular weight excluding hydrogens is 266 g/mol. The largest absolute Gasteiger partial charge is 0.345 e. The Morgan fingerprint density at radius 2 is 1.95 bits per heavy atom. The van der Waals surface area contributed by atoms with Crippen molar-refractivity contribution in [3.63, 3.8) is 0 Å². The van der Waals surface area contributed by atoms with E-state index in [-0.39, 0.29) is 5.91 Å². The Labute approximate surface area is 125 Å². The third-order valence-corrected chi connectivity index (χ3v) is 5.63. The van der Waals surface area contributed by atoms with Crippen LogP contribution in [0.25, 0.3) is 5.57 Å². The minimum atomic E-state index is 0.0709. The minimum absolute atomic E-state index is 0.0709. The molecule has 0 radical (unpaired) electrons. The fourth-order valence-corrected chi connectivity index (χ4v) is 4.66. The third kappa shape index (κ3) is 2.78. The summed E-state index contributed by atoms with van der Waals surface area (Å²) < 4.78 is 0. The third-order valence-electron chi connectivity index (χ3n) is 4.13. The van der Waals surface area contributed by atoms with Crippen LogP contribution in [0.1, 0.15) is 41.6 Å². The lowest BCUT2D eigenvalue weighted by atomic mass is 9.93. The first kappa shape index (κ1) is 13.7. The summed E-state index contributed by atoms with van der Waals surface area (Å²) in [6.07, 6.45) is 7.69. The molecule has 2 heterocycles. The number of fused-ring (bicyclic) bond motifs is 2. The summed E-state index contributed by atoms with van der Waals surface area (Å²) in [5.41, 5.74) is 3.53. The summed E-state index contributed by atoms with van der Waals surface area (Å²) in [4.78, 5) is 13.5. The zero-order chi connectivity index (χ0) is 14.1. The van der Waals surface area contributed by atoms with Gasteiger partial charge in [-0.3, -0.25) is 4.79 Å². The normalized spacial score (nSPS) is 25.0. The van der Waals surface area contributed by atoms with Crippen molar-refractivity contribution in [3.05, 3.63) is 41.5 Å². The average molecular weight is 287 g/mol. The van der Waals surface area contributed by atoms with E-state index in [0.717, 1.165) is 10.8 Å². The molecule has 20 heavy (non-hydrogen) atoms. The Morgan fingerprint density at radius 1 is 1.20 bits per heavy atom. The molecule has 1 aromatic carbocycles. The first-order chi connectivity index (χ1) is 9.63. The van der Waals surface area contributed by atoms with Crippen molar-refractivity contribution in [2.45, 2.75) is 36.2 Å². The van der Waals surface area contributed by atoms with Crippen LogP contribution >= 0.6 is 11.8 Å². The topological polar surface area (TPSA) is 20.3 Å². The quantitative estimate of drug-likeness (QED) is 0.824. The van der Waals surface area contributed by atoms with Gasteiger partial charge in [0.1, 0.15) is 0 Å². The average Bonchev–Trinajstić information content (AvgIpc) is 2.46. The van der Waals surface area contributed by atoms with Crippen LogP contribution in [-0.2, 0) is 0 Å². The molecule has 0 aliphatic carbocycles. The Kier molecular flexibility index (Phi) is 3.88. The number of hydrogen-bond donors (Lipinski definition) is 0. The van der Waals surface area contributed by atoms with Crippen LogP contribution in [0.5, 0.6) is 0 Å². The fraction of sp³-hybridized carbons (Fsp3) is 0.471. The van der Waals surface area contributed by atoms with Gasteiger partial charge < -0.3 is 4.90 Å². The number of allylic oxidation sites excluding steroid dienone is 1. The second-order valence-electron chi connectivity index (χ2n) is 5.90. The van der Waals surface area contributed by atoms with E-state index in [1.807, 2.05) is 12.1 Å². The van der Waals surface area contributed by atoms with Crippen LogP contribution in [-0.4, -0.2) is 35.4 Å². The molecule has 2 atom stereocenters. The van der Waals surface area contributed by atoms with Gasteiger partial charge in [0.2, 0.25) is 0 Å². The first-order valence-corrected chi connectivity index (χ1v) is 8.26.